The molecule has 2 aromatic carbocycles. The Balaban J connectivity index is 1.57. The first-order valence-corrected chi connectivity index (χ1v) is 7.63. The zero-order valence-electron chi connectivity index (χ0n) is 12.7. The van der Waals surface area contributed by atoms with E-state index in [1.54, 1.807) is 12.1 Å². The van der Waals surface area contributed by atoms with Crippen molar-refractivity contribution in [1.29, 1.82) is 0 Å². The number of benzene rings is 2. The number of ketones is 2. The van der Waals surface area contributed by atoms with Crippen molar-refractivity contribution in [2.24, 2.45) is 0 Å². The largest absolute Gasteiger partial charge is 0.352 e. The molecule has 4 aromatic rings. The van der Waals surface area contributed by atoms with E-state index in [0.717, 1.165) is 21.8 Å². The van der Waals surface area contributed by atoms with Crippen molar-refractivity contribution in [2.75, 3.05) is 0 Å². The van der Waals surface area contributed by atoms with Gasteiger partial charge in [-0.2, -0.15) is 0 Å². The molecular weight excluding hydrogens is 300 g/mol. The summed E-state index contributed by atoms with van der Waals surface area (Å²) >= 11 is 0. The first-order valence-electron chi connectivity index (χ1n) is 7.63. The zero-order chi connectivity index (χ0) is 16.5. The number of hydrogen-bond acceptors (Lipinski definition) is 2. The molecule has 0 aliphatic carbocycles. The molecule has 24 heavy (non-hydrogen) atoms. The van der Waals surface area contributed by atoms with Gasteiger partial charge < -0.3 is 9.97 Å². The lowest BCUT2D eigenvalue weighted by Crippen LogP contribution is -1.98. The molecule has 0 saturated heterocycles. The van der Waals surface area contributed by atoms with Gasteiger partial charge in [-0.15, -0.1) is 0 Å². The molecule has 116 valence electrons. The molecule has 0 saturated carbocycles. The van der Waals surface area contributed by atoms with Crippen LogP contribution in [0.25, 0.3) is 21.8 Å². The maximum atomic E-state index is 12.2. The molecule has 0 bridgehead atoms. The van der Waals surface area contributed by atoms with Crippen LogP contribution in [0, 0.1) is 0 Å². The van der Waals surface area contributed by atoms with E-state index in [9.17, 15) is 9.59 Å². The highest BCUT2D eigenvalue weighted by Gasteiger charge is 2.09. The molecule has 0 radical (unpaired) electrons. The van der Waals surface area contributed by atoms with Crippen molar-refractivity contribution in [2.45, 2.75) is 0 Å². The highest BCUT2D eigenvalue weighted by molar-refractivity contribution is 6.12. The third-order valence-corrected chi connectivity index (χ3v) is 3.98. The predicted octanol–water partition coefficient (Wildman–Crippen LogP) is 4.27. The highest BCUT2D eigenvalue weighted by Crippen LogP contribution is 2.17. The first kappa shape index (κ1) is 14.2. The molecule has 0 amide bonds. The van der Waals surface area contributed by atoms with Crippen LogP contribution >= 0.6 is 0 Å². The number of aromatic amines is 2. The van der Waals surface area contributed by atoms with Crippen LogP contribution in [0.3, 0.4) is 0 Å². The maximum Gasteiger partial charge on any atom is 0.202 e. The monoisotopic (exact) mass is 314 g/mol. The molecule has 0 aliphatic rings. The summed E-state index contributed by atoms with van der Waals surface area (Å²) in [5, 5.41) is 1.94. The van der Waals surface area contributed by atoms with Crippen molar-refractivity contribution in [3.05, 3.63) is 84.2 Å². The van der Waals surface area contributed by atoms with Crippen LogP contribution in [-0.4, -0.2) is 21.5 Å². The Morgan fingerprint density at radius 3 is 1.50 bits per heavy atom. The van der Waals surface area contributed by atoms with Gasteiger partial charge in [0, 0.05) is 21.8 Å². The summed E-state index contributed by atoms with van der Waals surface area (Å²) < 4.78 is 0. The number of fused-ring (bicyclic) bond motifs is 2. The molecule has 2 N–H and O–H groups in total. The van der Waals surface area contributed by atoms with Gasteiger partial charge in [0.1, 0.15) is 0 Å². The third kappa shape index (κ3) is 2.54. The van der Waals surface area contributed by atoms with Crippen LogP contribution in [-0.2, 0) is 0 Å². The Hall–Kier alpha value is -3.40. The van der Waals surface area contributed by atoms with E-state index >= 15 is 0 Å². The number of allylic oxidation sites excluding steroid dienone is 2. The molecule has 4 heteroatoms. The zero-order valence-corrected chi connectivity index (χ0v) is 12.7. The van der Waals surface area contributed by atoms with Gasteiger partial charge in [0.15, 0.2) is 0 Å². The van der Waals surface area contributed by atoms with Crippen LogP contribution in [0.15, 0.2) is 72.8 Å². The normalized spacial score (nSPS) is 11.5. The average Bonchev–Trinajstić information content (AvgIpc) is 3.23. The Morgan fingerprint density at radius 1 is 0.667 bits per heavy atom. The van der Waals surface area contributed by atoms with Gasteiger partial charge in [0.2, 0.25) is 11.6 Å². The van der Waals surface area contributed by atoms with E-state index in [0.29, 0.717) is 11.4 Å². The van der Waals surface area contributed by atoms with Crippen LogP contribution in [0.1, 0.15) is 21.0 Å². The number of aromatic nitrogens is 2. The van der Waals surface area contributed by atoms with E-state index in [1.165, 1.54) is 12.2 Å². The van der Waals surface area contributed by atoms with E-state index in [-0.39, 0.29) is 11.6 Å². The van der Waals surface area contributed by atoms with E-state index in [1.807, 2.05) is 48.5 Å². The quantitative estimate of drug-likeness (QED) is 0.436. The summed E-state index contributed by atoms with van der Waals surface area (Å²) in [6.07, 6.45) is 2.61. The number of hydrogen-bond donors (Lipinski definition) is 2. The average molecular weight is 314 g/mol. The fraction of sp³-hybridized carbons (Fsp3) is 0. The molecule has 0 atom stereocenters. The fourth-order valence-corrected chi connectivity index (χ4v) is 2.74. The number of carbonyl (C=O) groups excluding carboxylic acids is 2. The van der Waals surface area contributed by atoms with Gasteiger partial charge in [0.05, 0.1) is 11.4 Å². The van der Waals surface area contributed by atoms with Crippen molar-refractivity contribution in [3.63, 3.8) is 0 Å². The lowest BCUT2D eigenvalue weighted by atomic mass is 10.2. The van der Waals surface area contributed by atoms with Gasteiger partial charge in [-0.1, -0.05) is 36.4 Å². The van der Waals surface area contributed by atoms with E-state index in [2.05, 4.69) is 9.97 Å². The predicted molar refractivity (Wildman–Crippen MR) is 94.4 cm³/mol. The van der Waals surface area contributed by atoms with Gasteiger partial charge in [0.25, 0.3) is 0 Å². The Bertz CT molecular complexity index is 945. The Kier molecular flexibility index (Phi) is 3.35. The number of para-hydroxylation sites is 2. The first-order chi connectivity index (χ1) is 11.7. The smallest absolute Gasteiger partial charge is 0.202 e. The van der Waals surface area contributed by atoms with Crippen LogP contribution < -0.4 is 0 Å². The Morgan fingerprint density at radius 2 is 1.08 bits per heavy atom. The topological polar surface area (TPSA) is 65.7 Å². The van der Waals surface area contributed by atoms with Gasteiger partial charge >= 0.3 is 0 Å². The number of carbonyl (C=O) groups is 2. The standard InChI is InChI=1S/C20H14N2O2/c23-19(17-11-13-5-1-3-7-15(13)21-17)9-10-20(24)18-12-14-6-2-4-8-16(14)22-18/h1-12,21-22H. The van der Waals surface area contributed by atoms with Crippen LogP contribution in [0.2, 0.25) is 0 Å². The van der Waals surface area contributed by atoms with Crippen LogP contribution in [0.4, 0.5) is 0 Å². The van der Waals surface area contributed by atoms with Gasteiger partial charge in [-0.05, 0) is 36.4 Å². The van der Waals surface area contributed by atoms with E-state index < -0.39 is 0 Å². The number of nitrogens with one attached hydrogen (secondary N) is 2. The molecule has 0 aliphatic heterocycles. The minimum Gasteiger partial charge on any atom is -0.352 e. The second-order valence-corrected chi connectivity index (χ2v) is 5.60. The summed E-state index contributed by atoms with van der Waals surface area (Å²) in [7, 11) is 0. The minimum absolute atomic E-state index is 0.226. The second kappa shape index (κ2) is 5.66. The molecule has 0 fully saturated rings. The molecule has 0 spiro atoms. The molecule has 2 heterocycles. The SMILES string of the molecule is O=C(C=CC(=O)c1cc2ccccc2[nH]1)c1cc2ccccc2[nH]1. The summed E-state index contributed by atoms with van der Waals surface area (Å²) in [5.41, 5.74) is 2.74. The maximum absolute atomic E-state index is 12.2. The fourth-order valence-electron chi connectivity index (χ4n) is 2.74. The molecule has 4 rings (SSSR count). The van der Waals surface area contributed by atoms with E-state index in [4.69, 9.17) is 0 Å². The lowest BCUT2D eigenvalue weighted by molar-refractivity contribution is 0.101. The van der Waals surface area contributed by atoms with Crippen molar-refractivity contribution < 1.29 is 9.59 Å². The summed E-state index contributed by atoms with van der Waals surface area (Å²) in [5.74, 6) is -0.452. The van der Waals surface area contributed by atoms with Crippen molar-refractivity contribution in [1.82, 2.24) is 9.97 Å². The van der Waals surface area contributed by atoms with Gasteiger partial charge in [-0.3, -0.25) is 9.59 Å². The third-order valence-electron chi connectivity index (χ3n) is 3.98. The second-order valence-electron chi connectivity index (χ2n) is 5.60. The van der Waals surface area contributed by atoms with Crippen molar-refractivity contribution in [3.8, 4) is 0 Å². The molecule has 4 nitrogen and oxygen atoms in total. The van der Waals surface area contributed by atoms with Gasteiger partial charge in [-0.25, -0.2) is 0 Å². The molecule has 0 unspecified atom stereocenters. The number of H-pyrrole nitrogens is 2. The summed E-state index contributed by atoms with van der Waals surface area (Å²) in [6, 6.07) is 18.9. The summed E-state index contributed by atoms with van der Waals surface area (Å²) in [6.45, 7) is 0. The summed E-state index contributed by atoms with van der Waals surface area (Å²) in [4.78, 5) is 30.6. The Labute approximate surface area is 137 Å². The van der Waals surface area contributed by atoms with Crippen molar-refractivity contribution >= 4 is 33.4 Å². The molecule has 2 aromatic heterocycles. The minimum atomic E-state index is -0.226. The highest BCUT2D eigenvalue weighted by atomic mass is 16.1. The molecular formula is C20H14N2O2. The van der Waals surface area contributed by atoms with Crippen LogP contribution in [0.5, 0.6) is 0 Å². The number of rotatable bonds is 4. The lowest BCUT2D eigenvalue weighted by Gasteiger charge is -1.91.